The third-order valence-electron chi connectivity index (χ3n) is 5.70. The van der Waals surface area contributed by atoms with Crippen LogP contribution in [0.4, 0.5) is 0 Å². The van der Waals surface area contributed by atoms with Crippen LogP contribution in [0, 0.1) is 12.8 Å². The number of rotatable bonds is 7. The molecule has 33 heavy (non-hydrogen) atoms. The van der Waals surface area contributed by atoms with Gasteiger partial charge in [0.1, 0.15) is 0 Å². The van der Waals surface area contributed by atoms with Crippen molar-refractivity contribution in [3.63, 3.8) is 0 Å². The number of benzene rings is 1. The molecule has 0 saturated carbocycles. The monoisotopic (exact) mass is 560 g/mol. The first-order valence-corrected chi connectivity index (χ1v) is 11.4. The zero-order valence-electron chi connectivity index (χ0n) is 19.3. The molecule has 2 aromatic heterocycles. The van der Waals surface area contributed by atoms with E-state index in [2.05, 4.69) is 58.8 Å². The Labute approximate surface area is 213 Å². The first kappa shape index (κ1) is 25.2. The molecular formula is C25H33IN6O. The van der Waals surface area contributed by atoms with Gasteiger partial charge in [0.15, 0.2) is 11.8 Å². The zero-order chi connectivity index (χ0) is 22.2. The Kier molecular flexibility index (Phi) is 9.68. The minimum Gasteiger partial charge on any atom is -0.373 e. The number of aromatic nitrogens is 3. The number of halogens is 1. The van der Waals surface area contributed by atoms with Crippen LogP contribution in [0.2, 0.25) is 0 Å². The quantitative estimate of drug-likeness (QED) is 0.254. The second-order valence-electron chi connectivity index (χ2n) is 8.15. The van der Waals surface area contributed by atoms with Crippen LogP contribution in [0.5, 0.6) is 0 Å². The predicted octanol–water partition coefficient (Wildman–Crippen LogP) is 4.42. The van der Waals surface area contributed by atoms with Crippen molar-refractivity contribution in [3.05, 3.63) is 77.7 Å². The summed E-state index contributed by atoms with van der Waals surface area (Å²) in [6.07, 6.45) is 7.79. The van der Waals surface area contributed by atoms with E-state index in [4.69, 9.17) is 9.73 Å². The molecule has 7 nitrogen and oxygen atoms in total. The van der Waals surface area contributed by atoms with Crippen molar-refractivity contribution >= 4 is 29.9 Å². The molecule has 2 atom stereocenters. The van der Waals surface area contributed by atoms with E-state index < -0.39 is 0 Å². The van der Waals surface area contributed by atoms with Crippen molar-refractivity contribution in [2.24, 2.45) is 10.9 Å². The fourth-order valence-corrected chi connectivity index (χ4v) is 4.01. The topological polar surface area (TPSA) is 76.4 Å². The van der Waals surface area contributed by atoms with Crippen LogP contribution in [0.15, 0.2) is 66.0 Å². The van der Waals surface area contributed by atoms with Gasteiger partial charge in [0.05, 0.1) is 12.6 Å². The lowest BCUT2D eigenvalue weighted by Crippen LogP contribution is -2.42. The smallest absolute Gasteiger partial charge is 0.191 e. The second kappa shape index (κ2) is 12.7. The Bertz CT molecular complexity index is 1010. The molecule has 176 valence electrons. The van der Waals surface area contributed by atoms with Crippen LogP contribution in [-0.4, -0.2) is 40.4 Å². The van der Waals surface area contributed by atoms with Crippen molar-refractivity contribution in [3.8, 4) is 5.82 Å². The highest BCUT2D eigenvalue weighted by molar-refractivity contribution is 14.0. The van der Waals surface area contributed by atoms with Crippen molar-refractivity contribution < 1.29 is 4.74 Å². The molecule has 0 bridgehead atoms. The Morgan fingerprint density at radius 1 is 1.18 bits per heavy atom. The van der Waals surface area contributed by atoms with Gasteiger partial charge in [-0.1, -0.05) is 29.8 Å². The maximum atomic E-state index is 6.17. The fraction of sp³-hybridized carbons (Fsp3) is 0.400. The van der Waals surface area contributed by atoms with E-state index in [1.54, 1.807) is 17.1 Å². The van der Waals surface area contributed by atoms with Gasteiger partial charge < -0.3 is 15.4 Å². The number of ether oxygens (including phenoxy) is 1. The molecule has 0 spiro atoms. The van der Waals surface area contributed by atoms with Gasteiger partial charge in [0, 0.05) is 44.2 Å². The number of aliphatic imine (C=N–C) groups is 1. The molecule has 3 aromatic rings. The molecule has 0 amide bonds. The number of guanidine groups is 1. The first-order valence-electron chi connectivity index (χ1n) is 11.4. The first-order chi connectivity index (χ1) is 15.7. The molecule has 1 aliphatic rings. The molecule has 8 heteroatoms. The molecule has 0 radical (unpaired) electrons. The van der Waals surface area contributed by atoms with E-state index in [9.17, 15) is 0 Å². The number of hydrogen-bond donors (Lipinski definition) is 2. The Balaban J connectivity index is 0.00000306. The number of aryl methyl sites for hydroxylation is 1. The second-order valence-corrected chi connectivity index (χ2v) is 8.15. The van der Waals surface area contributed by atoms with Gasteiger partial charge in [-0.05, 0) is 56.0 Å². The van der Waals surface area contributed by atoms with Gasteiger partial charge in [-0.2, -0.15) is 5.10 Å². The van der Waals surface area contributed by atoms with Crippen molar-refractivity contribution in [1.82, 2.24) is 25.4 Å². The number of nitrogens with zero attached hydrogens (tertiary/aromatic N) is 4. The number of pyridine rings is 1. The van der Waals surface area contributed by atoms with Crippen LogP contribution in [-0.2, 0) is 11.3 Å². The summed E-state index contributed by atoms with van der Waals surface area (Å²) in [6, 6.07) is 14.6. The van der Waals surface area contributed by atoms with Gasteiger partial charge in [-0.15, -0.1) is 24.0 Å². The van der Waals surface area contributed by atoms with Gasteiger partial charge in [-0.3, -0.25) is 0 Å². The summed E-state index contributed by atoms with van der Waals surface area (Å²) in [7, 11) is 0. The molecule has 4 rings (SSSR count). The van der Waals surface area contributed by atoms with Crippen LogP contribution in [0.25, 0.3) is 5.82 Å². The van der Waals surface area contributed by atoms with E-state index in [1.165, 1.54) is 11.1 Å². The van der Waals surface area contributed by atoms with E-state index in [-0.39, 0.29) is 30.1 Å². The van der Waals surface area contributed by atoms with Gasteiger partial charge in [0.25, 0.3) is 0 Å². The van der Waals surface area contributed by atoms with Crippen LogP contribution in [0.1, 0.15) is 42.6 Å². The Morgan fingerprint density at radius 3 is 2.79 bits per heavy atom. The summed E-state index contributed by atoms with van der Waals surface area (Å²) in [5.41, 5.74) is 3.61. The van der Waals surface area contributed by atoms with E-state index in [0.717, 1.165) is 49.9 Å². The largest absolute Gasteiger partial charge is 0.373 e. The molecule has 3 heterocycles. The predicted molar refractivity (Wildman–Crippen MR) is 142 cm³/mol. The summed E-state index contributed by atoms with van der Waals surface area (Å²) in [4.78, 5) is 9.19. The lowest BCUT2D eigenvalue weighted by Gasteiger charge is -2.32. The molecule has 1 aliphatic heterocycles. The van der Waals surface area contributed by atoms with Crippen LogP contribution < -0.4 is 10.6 Å². The molecule has 2 N–H and O–H groups in total. The standard InChI is InChI=1S/C25H32N6O.HI/c1-3-26-25(28-17-20-11-13-27-23(16-20)31-14-5-12-30-31)29-18-22-6-4-15-32-24(22)21-9-7-19(2)8-10-21;/h5,7-14,16,22,24H,3-4,6,15,17-18H2,1-2H3,(H2,26,28,29);1H. The average Bonchev–Trinajstić information content (AvgIpc) is 3.37. The summed E-state index contributed by atoms with van der Waals surface area (Å²) in [5.74, 6) is 2.02. The molecule has 2 unspecified atom stereocenters. The molecule has 1 aromatic carbocycles. The molecule has 1 fully saturated rings. The van der Waals surface area contributed by atoms with E-state index in [1.807, 2.05) is 24.4 Å². The summed E-state index contributed by atoms with van der Waals surface area (Å²) >= 11 is 0. The Hall–Kier alpha value is -2.46. The molecular weight excluding hydrogens is 527 g/mol. The van der Waals surface area contributed by atoms with E-state index in [0.29, 0.717) is 12.5 Å². The number of hydrogen-bond acceptors (Lipinski definition) is 4. The van der Waals surface area contributed by atoms with Crippen LogP contribution in [0.3, 0.4) is 0 Å². The average molecular weight is 560 g/mol. The van der Waals surface area contributed by atoms with Gasteiger partial charge >= 0.3 is 0 Å². The Morgan fingerprint density at radius 2 is 2.03 bits per heavy atom. The summed E-state index contributed by atoms with van der Waals surface area (Å²) in [5, 5.41) is 11.2. The maximum Gasteiger partial charge on any atom is 0.191 e. The molecule has 0 aliphatic carbocycles. The zero-order valence-corrected chi connectivity index (χ0v) is 21.6. The third kappa shape index (κ3) is 7.01. The molecule has 1 saturated heterocycles. The highest BCUT2D eigenvalue weighted by atomic mass is 127. The maximum absolute atomic E-state index is 6.17. The van der Waals surface area contributed by atoms with Crippen molar-refractivity contribution in [2.75, 3.05) is 19.7 Å². The van der Waals surface area contributed by atoms with Gasteiger partial charge in [0.2, 0.25) is 0 Å². The summed E-state index contributed by atoms with van der Waals surface area (Å²) < 4.78 is 7.93. The van der Waals surface area contributed by atoms with E-state index >= 15 is 0 Å². The lowest BCUT2D eigenvalue weighted by atomic mass is 9.89. The highest BCUT2D eigenvalue weighted by Gasteiger charge is 2.27. The van der Waals surface area contributed by atoms with Crippen molar-refractivity contribution in [2.45, 2.75) is 39.3 Å². The SMILES string of the molecule is CCNC(=NCc1ccnc(-n2cccn2)c1)NCC1CCCOC1c1ccc(C)cc1.I. The van der Waals surface area contributed by atoms with Crippen molar-refractivity contribution in [1.29, 1.82) is 0 Å². The normalized spacial score (nSPS) is 18.4. The minimum atomic E-state index is 0. The fourth-order valence-electron chi connectivity index (χ4n) is 4.01. The summed E-state index contributed by atoms with van der Waals surface area (Å²) in [6.45, 7) is 7.21. The van der Waals surface area contributed by atoms with Gasteiger partial charge in [-0.25, -0.2) is 14.7 Å². The third-order valence-corrected chi connectivity index (χ3v) is 5.70. The number of nitrogens with one attached hydrogen (secondary N) is 2. The van der Waals surface area contributed by atoms with Crippen LogP contribution >= 0.6 is 24.0 Å². The minimum absolute atomic E-state index is 0. The highest BCUT2D eigenvalue weighted by Crippen LogP contribution is 2.33. The lowest BCUT2D eigenvalue weighted by molar-refractivity contribution is -0.0265.